The third-order valence-corrected chi connectivity index (χ3v) is 7.26. The van der Waals surface area contributed by atoms with Gasteiger partial charge in [0.1, 0.15) is 42.1 Å². The minimum absolute atomic E-state index is 0.212. The molecule has 0 bridgehead atoms. The molecule has 0 saturated carbocycles. The molecule has 16 heteroatoms. The lowest BCUT2D eigenvalue weighted by Crippen LogP contribution is -2.37. The smallest absolute Gasteiger partial charge is 0.406 e. The summed E-state index contributed by atoms with van der Waals surface area (Å²) in [5.74, 6) is -1.33. The molecule has 3 heterocycles. The Hall–Kier alpha value is -3.12. The molecule has 0 amide bonds. The number of hydrogen-bond acceptors (Lipinski definition) is 13. The van der Waals surface area contributed by atoms with Crippen LogP contribution in [0.25, 0.3) is 5.52 Å². The van der Waals surface area contributed by atoms with E-state index < -0.39 is 75.4 Å². The van der Waals surface area contributed by atoms with Gasteiger partial charge in [-0.25, -0.2) is 23.9 Å². The SMILES string of the molecule is CC(C)OC(=O)CN[P@@](=O)(OCC(=O)OC(C)C)OC[C@H]1O[C@@H](c2ccc3c(N)ncnn23)[C@](C)(C#N)[C@@H]1O. The van der Waals surface area contributed by atoms with Crippen LogP contribution in [0.15, 0.2) is 18.5 Å². The number of rotatable bonds is 12. The zero-order chi connectivity index (χ0) is 29.0. The van der Waals surface area contributed by atoms with E-state index in [-0.39, 0.29) is 5.82 Å². The number of nitrogens with two attached hydrogens (primary N) is 1. The number of esters is 2. The quantitative estimate of drug-likeness (QED) is 0.243. The summed E-state index contributed by atoms with van der Waals surface area (Å²) in [5, 5.41) is 27.5. The van der Waals surface area contributed by atoms with Crippen molar-refractivity contribution >= 4 is 31.0 Å². The minimum Gasteiger partial charge on any atom is -0.462 e. The lowest BCUT2D eigenvalue weighted by molar-refractivity contribution is -0.150. The number of fused-ring (bicyclic) bond motifs is 1. The molecule has 1 fully saturated rings. The van der Waals surface area contributed by atoms with Crippen LogP contribution in [-0.2, 0) is 37.4 Å². The lowest BCUT2D eigenvalue weighted by Gasteiger charge is -2.25. The zero-order valence-corrected chi connectivity index (χ0v) is 23.2. The van der Waals surface area contributed by atoms with Crippen LogP contribution in [0.3, 0.4) is 0 Å². The van der Waals surface area contributed by atoms with Crippen molar-refractivity contribution in [2.75, 3.05) is 25.5 Å². The summed E-state index contributed by atoms with van der Waals surface area (Å²) in [6.07, 6.45) is -3.16. The molecule has 0 unspecified atom stereocenters. The van der Waals surface area contributed by atoms with E-state index in [1.807, 2.05) is 0 Å². The van der Waals surface area contributed by atoms with Gasteiger partial charge in [0.15, 0.2) is 12.4 Å². The predicted octanol–water partition coefficient (Wildman–Crippen LogP) is 1.28. The van der Waals surface area contributed by atoms with Crippen molar-refractivity contribution in [3.8, 4) is 6.07 Å². The standard InChI is InChI=1S/C23H33N6O9P/c1-13(2)36-18(30)8-28-39(33,35-10-19(31)37-14(3)4)34-9-17-20(32)23(5,11-24)21(38-17)15-6-7-16-22(25)26-12-27-29(15)16/h6-7,12-14,17,20-21,32H,8-10H2,1-5H3,(H,28,33)(H2,25,26,27)/t17-,20-,21+,23-,39+/m1/s1. The number of hydrogen-bond donors (Lipinski definition) is 3. The number of nitrogens with one attached hydrogen (secondary N) is 1. The highest BCUT2D eigenvalue weighted by molar-refractivity contribution is 7.51. The van der Waals surface area contributed by atoms with E-state index in [0.717, 1.165) is 0 Å². The van der Waals surface area contributed by atoms with Crippen LogP contribution < -0.4 is 10.8 Å². The third kappa shape index (κ3) is 7.10. The number of nitrogens with zero attached hydrogens (tertiary/aromatic N) is 4. The number of carbonyl (C=O) groups is 2. The van der Waals surface area contributed by atoms with E-state index in [1.165, 1.54) is 17.8 Å². The van der Waals surface area contributed by atoms with Gasteiger partial charge in [0, 0.05) is 0 Å². The maximum Gasteiger partial charge on any atom is 0.406 e. The van der Waals surface area contributed by atoms with E-state index in [0.29, 0.717) is 11.2 Å². The Bertz CT molecular complexity index is 1250. The number of aliphatic hydroxyl groups excluding tert-OH is 1. The molecule has 0 radical (unpaired) electrons. The van der Waals surface area contributed by atoms with Crippen LogP contribution in [0.2, 0.25) is 0 Å². The topological polar surface area (TPSA) is 210 Å². The molecule has 1 saturated heterocycles. The number of aromatic nitrogens is 3. The molecule has 15 nitrogen and oxygen atoms in total. The van der Waals surface area contributed by atoms with E-state index in [9.17, 15) is 24.5 Å². The molecule has 2 aromatic heterocycles. The molecule has 3 rings (SSSR count). The first-order valence-corrected chi connectivity index (χ1v) is 13.7. The molecule has 1 aliphatic rings. The molecular formula is C23H33N6O9P. The Morgan fingerprint density at radius 3 is 2.56 bits per heavy atom. The Morgan fingerprint density at radius 1 is 1.26 bits per heavy atom. The Balaban J connectivity index is 1.78. The number of carbonyl (C=O) groups excluding carboxylic acids is 2. The first kappa shape index (κ1) is 30.4. The van der Waals surface area contributed by atoms with Gasteiger partial charge in [0.2, 0.25) is 0 Å². The fourth-order valence-corrected chi connectivity index (χ4v) is 5.13. The first-order valence-electron chi connectivity index (χ1n) is 12.2. The van der Waals surface area contributed by atoms with Crippen molar-refractivity contribution in [2.24, 2.45) is 5.41 Å². The summed E-state index contributed by atoms with van der Waals surface area (Å²) in [7, 11) is -4.34. The van der Waals surface area contributed by atoms with Crippen molar-refractivity contribution in [3.63, 3.8) is 0 Å². The Labute approximate surface area is 225 Å². The first-order chi connectivity index (χ1) is 18.3. The molecule has 39 heavy (non-hydrogen) atoms. The van der Waals surface area contributed by atoms with Gasteiger partial charge in [0.05, 0.1) is 30.6 Å². The highest BCUT2D eigenvalue weighted by atomic mass is 31.2. The summed E-state index contributed by atoms with van der Waals surface area (Å²) in [5.41, 5.74) is 5.34. The molecule has 214 valence electrons. The number of anilines is 1. The average Bonchev–Trinajstić information content (AvgIpc) is 3.40. The summed E-state index contributed by atoms with van der Waals surface area (Å²) in [6, 6.07) is 5.39. The van der Waals surface area contributed by atoms with E-state index >= 15 is 0 Å². The second kappa shape index (κ2) is 12.4. The zero-order valence-electron chi connectivity index (χ0n) is 22.3. The van der Waals surface area contributed by atoms with Crippen molar-refractivity contribution in [1.82, 2.24) is 19.7 Å². The van der Waals surface area contributed by atoms with Crippen molar-refractivity contribution in [2.45, 2.75) is 65.1 Å². The van der Waals surface area contributed by atoms with Crippen LogP contribution in [-0.4, -0.2) is 75.8 Å². The summed E-state index contributed by atoms with van der Waals surface area (Å²) in [4.78, 5) is 27.9. The van der Waals surface area contributed by atoms with Crippen LogP contribution >= 0.6 is 7.75 Å². The van der Waals surface area contributed by atoms with Crippen LogP contribution in [0.1, 0.15) is 46.4 Å². The average molecular weight is 569 g/mol. The highest BCUT2D eigenvalue weighted by Crippen LogP contribution is 2.50. The minimum atomic E-state index is -4.34. The summed E-state index contributed by atoms with van der Waals surface area (Å²) >= 11 is 0. The third-order valence-electron chi connectivity index (χ3n) is 5.76. The maximum atomic E-state index is 13.4. The van der Waals surface area contributed by atoms with Gasteiger partial charge < -0.3 is 25.1 Å². The van der Waals surface area contributed by atoms with Gasteiger partial charge in [-0.2, -0.15) is 10.4 Å². The van der Waals surface area contributed by atoms with Crippen LogP contribution in [0.5, 0.6) is 0 Å². The molecule has 0 spiro atoms. The number of aliphatic hydroxyl groups is 1. The van der Waals surface area contributed by atoms with Crippen molar-refractivity contribution in [3.05, 3.63) is 24.2 Å². The molecule has 1 aliphatic heterocycles. The van der Waals surface area contributed by atoms with Gasteiger partial charge in [-0.3, -0.25) is 13.8 Å². The second-order valence-electron chi connectivity index (χ2n) is 9.57. The van der Waals surface area contributed by atoms with Gasteiger partial charge in [0.25, 0.3) is 0 Å². The van der Waals surface area contributed by atoms with E-state index in [4.69, 9.17) is 29.0 Å². The monoisotopic (exact) mass is 568 g/mol. The van der Waals surface area contributed by atoms with Crippen LogP contribution in [0.4, 0.5) is 5.82 Å². The normalized spacial score (nSPS) is 24.5. The van der Waals surface area contributed by atoms with E-state index in [2.05, 4.69) is 21.2 Å². The summed E-state index contributed by atoms with van der Waals surface area (Å²) < 4.78 is 41.5. The largest absolute Gasteiger partial charge is 0.462 e. The fraction of sp³-hybridized carbons (Fsp3) is 0.609. The lowest BCUT2D eigenvalue weighted by atomic mass is 9.79. The number of nitriles is 1. The molecule has 5 atom stereocenters. The second-order valence-corrected chi connectivity index (χ2v) is 11.4. The Morgan fingerprint density at radius 2 is 1.92 bits per heavy atom. The predicted molar refractivity (Wildman–Crippen MR) is 135 cm³/mol. The van der Waals surface area contributed by atoms with Gasteiger partial charge >= 0.3 is 19.7 Å². The van der Waals surface area contributed by atoms with Crippen molar-refractivity contribution in [1.29, 1.82) is 5.26 Å². The Kier molecular flexibility index (Phi) is 9.65. The number of nitrogen functional groups attached to an aromatic ring is 1. The number of ether oxygens (including phenoxy) is 3. The molecule has 4 N–H and O–H groups in total. The van der Waals surface area contributed by atoms with Gasteiger partial charge in [-0.1, -0.05) is 0 Å². The maximum absolute atomic E-state index is 13.4. The molecule has 2 aromatic rings. The van der Waals surface area contributed by atoms with Gasteiger partial charge in [-0.15, -0.1) is 0 Å². The molecule has 0 aliphatic carbocycles. The fourth-order valence-electron chi connectivity index (χ4n) is 3.94. The summed E-state index contributed by atoms with van der Waals surface area (Å²) in [6.45, 7) is 6.21. The molecule has 0 aromatic carbocycles. The highest BCUT2D eigenvalue weighted by Gasteiger charge is 2.55. The van der Waals surface area contributed by atoms with Gasteiger partial charge in [-0.05, 0) is 46.8 Å². The molecular weight excluding hydrogens is 535 g/mol. The van der Waals surface area contributed by atoms with Crippen LogP contribution in [0, 0.1) is 16.7 Å². The van der Waals surface area contributed by atoms with Crippen molar-refractivity contribution < 1.29 is 42.5 Å². The van der Waals surface area contributed by atoms with E-state index in [1.54, 1.807) is 39.8 Å².